The summed E-state index contributed by atoms with van der Waals surface area (Å²) >= 11 is 0. The number of nitrogens with zero attached hydrogens (tertiary/aromatic N) is 1. The summed E-state index contributed by atoms with van der Waals surface area (Å²) in [6, 6.07) is 2.07. The standard InChI is InChI=1S/C9H15NO/c1-2-3-5-8-11-9-6-4-7-10/h2H,1,3-6,8-9H2. The van der Waals surface area contributed by atoms with Gasteiger partial charge in [0.2, 0.25) is 0 Å². The van der Waals surface area contributed by atoms with Gasteiger partial charge in [-0.1, -0.05) is 6.08 Å². The van der Waals surface area contributed by atoms with E-state index in [1.54, 1.807) is 0 Å². The minimum absolute atomic E-state index is 0.599. The van der Waals surface area contributed by atoms with Gasteiger partial charge in [-0.15, -0.1) is 6.58 Å². The first-order valence-corrected chi connectivity index (χ1v) is 3.97. The molecule has 0 amide bonds. The van der Waals surface area contributed by atoms with Crippen molar-refractivity contribution >= 4 is 0 Å². The first-order valence-electron chi connectivity index (χ1n) is 3.97. The third-order valence-electron chi connectivity index (χ3n) is 1.27. The number of ether oxygens (including phenoxy) is 1. The van der Waals surface area contributed by atoms with E-state index in [1.807, 2.05) is 6.08 Å². The smallest absolute Gasteiger partial charge is 0.0622 e. The van der Waals surface area contributed by atoms with Gasteiger partial charge >= 0.3 is 0 Å². The fraction of sp³-hybridized carbons (Fsp3) is 0.667. The largest absolute Gasteiger partial charge is 0.381 e. The summed E-state index contributed by atoms with van der Waals surface area (Å²) in [5.41, 5.74) is 0. The van der Waals surface area contributed by atoms with Crippen molar-refractivity contribution < 1.29 is 4.74 Å². The van der Waals surface area contributed by atoms with Gasteiger partial charge in [0.25, 0.3) is 0 Å². The summed E-state index contributed by atoms with van der Waals surface area (Å²) in [6.45, 7) is 5.11. The molecule has 0 atom stereocenters. The third kappa shape index (κ3) is 9.19. The highest BCUT2D eigenvalue weighted by Crippen LogP contribution is 1.92. The lowest BCUT2D eigenvalue weighted by Gasteiger charge is -1.99. The van der Waals surface area contributed by atoms with Crippen LogP contribution in [0.2, 0.25) is 0 Å². The average Bonchev–Trinajstić information content (AvgIpc) is 2.03. The van der Waals surface area contributed by atoms with Crippen molar-refractivity contribution in [2.45, 2.75) is 25.7 Å². The van der Waals surface area contributed by atoms with Crippen LogP contribution in [0, 0.1) is 11.3 Å². The second-order valence-electron chi connectivity index (χ2n) is 2.30. The van der Waals surface area contributed by atoms with Gasteiger partial charge in [0.15, 0.2) is 0 Å². The zero-order valence-electron chi connectivity index (χ0n) is 6.88. The third-order valence-corrected chi connectivity index (χ3v) is 1.27. The highest BCUT2D eigenvalue weighted by atomic mass is 16.5. The molecule has 0 rings (SSSR count). The van der Waals surface area contributed by atoms with Gasteiger partial charge in [-0.05, 0) is 19.3 Å². The quantitative estimate of drug-likeness (QED) is 0.415. The fourth-order valence-corrected chi connectivity index (χ4v) is 0.685. The molecule has 0 aromatic heterocycles. The summed E-state index contributed by atoms with van der Waals surface area (Å²) < 4.78 is 5.24. The monoisotopic (exact) mass is 153 g/mol. The molecule has 0 aromatic carbocycles. The van der Waals surface area contributed by atoms with Crippen molar-refractivity contribution in [2.24, 2.45) is 0 Å². The van der Waals surface area contributed by atoms with Gasteiger partial charge in [-0.25, -0.2) is 0 Å². The molecule has 0 aliphatic rings. The normalized spacial score (nSPS) is 9.00. The lowest BCUT2D eigenvalue weighted by Crippen LogP contribution is -1.95. The summed E-state index contributed by atoms with van der Waals surface area (Å²) in [6.07, 6.45) is 5.39. The van der Waals surface area contributed by atoms with E-state index in [-0.39, 0.29) is 0 Å². The Hall–Kier alpha value is -0.810. The first-order chi connectivity index (χ1) is 5.41. The minimum Gasteiger partial charge on any atom is -0.381 e. The molecule has 0 aromatic rings. The Morgan fingerprint density at radius 1 is 1.36 bits per heavy atom. The number of rotatable bonds is 7. The second-order valence-corrected chi connectivity index (χ2v) is 2.30. The number of nitriles is 1. The maximum atomic E-state index is 8.19. The Balaban J connectivity index is 2.80. The Morgan fingerprint density at radius 3 is 2.73 bits per heavy atom. The Morgan fingerprint density at radius 2 is 2.09 bits per heavy atom. The van der Waals surface area contributed by atoms with Gasteiger partial charge in [-0.3, -0.25) is 0 Å². The lowest BCUT2D eigenvalue weighted by molar-refractivity contribution is 0.131. The average molecular weight is 153 g/mol. The Labute approximate surface area is 68.5 Å². The van der Waals surface area contributed by atoms with E-state index in [4.69, 9.17) is 10.00 Å². The molecule has 0 N–H and O–H groups in total. The van der Waals surface area contributed by atoms with Crippen LogP contribution in [0.15, 0.2) is 12.7 Å². The summed E-state index contributed by atoms with van der Waals surface area (Å²) in [5, 5.41) is 8.19. The van der Waals surface area contributed by atoms with Crippen molar-refractivity contribution in [3.63, 3.8) is 0 Å². The van der Waals surface area contributed by atoms with Gasteiger partial charge in [0, 0.05) is 19.6 Å². The zero-order chi connectivity index (χ0) is 8.36. The van der Waals surface area contributed by atoms with E-state index >= 15 is 0 Å². The van der Waals surface area contributed by atoms with Crippen LogP contribution >= 0.6 is 0 Å². The predicted octanol–water partition coefficient (Wildman–Crippen LogP) is 2.27. The van der Waals surface area contributed by atoms with E-state index in [0.29, 0.717) is 13.0 Å². The second kappa shape index (κ2) is 9.19. The van der Waals surface area contributed by atoms with Crippen LogP contribution < -0.4 is 0 Å². The summed E-state index contributed by atoms with van der Waals surface area (Å²) in [5.74, 6) is 0. The van der Waals surface area contributed by atoms with Gasteiger partial charge in [0.05, 0.1) is 6.07 Å². The number of hydrogen-bond donors (Lipinski definition) is 0. The minimum atomic E-state index is 0.599. The number of allylic oxidation sites excluding steroid dienone is 1. The van der Waals surface area contributed by atoms with E-state index in [0.717, 1.165) is 25.9 Å². The molecule has 0 saturated heterocycles. The highest BCUT2D eigenvalue weighted by Gasteiger charge is 1.87. The van der Waals surface area contributed by atoms with E-state index in [9.17, 15) is 0 Å². The molecule has 0 bridgehead atoms. The van der Waals surface area contributed by atoms with Crippen LogP contribution in [0.4, 0.5) is 0 Å². The molecule has 0 radical (unpaired) electrons. The van der Waals surface area contributed by atoms with Crippen molar-refractivity contribution in [2.75, 3.05) is 13.2 Å². The molecule has 2 heteroatoms. The first kappa shape index (κ1) is 10.2. The predicted molar refractivity (Wildman–Crippen MR) is 45.1 cm³/mol. The maximum Gasteiger partial charge on any atom is 0.0622 e. The molecule has 0 heterocycles. The molecule has 0 fully saturated rings. The summed E-state index contributed by atoms with van der Waals surface area (Å²) in [4.78, 5) is 0. The van der Waals surface area contributed by atoms with Crippen LogP contribution in [0.3, 0.4) is 0 Å². The Bertz CT molecular complexity index is 126. The maximum absolute atomic E-state index is 8.19. The molecule has 0 spiro atoms. The van der Waals surface area contributed by atoms with Crippen LogP contribution in [0.5, 0.6) is 0 Å². The van der Waals surface area contributed by atoms with Crippen molar-refractivity contribution in [3.8, 4) is 6.07 Å². The number of unbranched alkanes of at least 4 members (excludes halogenated alkanes) is 2. The molecule has 0 aliphatic carbocycles. The Kier molecular flexibility index (Phi) is 8.51. The summed E-state index contributed by atoms with van der Waals surface area (Å²) in [7, 11) is 0. The van der Waals surface area contributed by atoms with Crippen LogP contribution in [0.25, 0.3) is 0 Å². The van der Waals surface area contributed by atoms with E-state index in [2.05, 4.69) is 12.6 Å². The van der Waals surface area contributed by atoms with Crippen LogP contribution in [0.1, 0.15) is 25.7 Å². The van der Waals surface area contributed by atoms with E-state index in [1.165, 1.54) is 0 Å². The van der Waals surface area contributed by atoms with Crippen molar-refractivity contribution in [1.29, 1.82) is 5.26 Å². The van der Waals surface area contributed by atoms with Crippen molar-refractivity contribution in [3.05, 3.63) is 12.7 Å². The number of hydrogen-bond acceptors (Lipinski definition) is 2. The molecule has 0 unspecified atom stereocenters. The molecular weight excluding hydrogens is 138 g/mol. The molecule has 11 heavy (non-hydrogen) atoms. The highest BCUT2D eigenvalue weighted by molar-refractivity contribution is 4.67. The molecule has 2 nitrogen and oxygen atoms in total. The molecular formula is C9H15NO. The van der Waals surface area contributed by atoms with Gasteiger partial charge < -0.3 is 4.74 Å². The fourth-order valence-electron chi connectivity index (χ4n) is 0.685. The molecule has 0 aliphatic heterocycles. The van der Waals surface area contributed by atoms with E-state index < -0.39 is 0 Å². The van der Waals surface area contributed by atoms with Gasteiger partial charge in [0.1, 0.15) is 0 Å². The molecule has 62 valence electrons. The SMILES string of the molecule is C=CCCCOCCCC#N. The molecule has 0 saturated carbocycles. The van der Waals surface area contributed by atoms with Crippen molar-refractivity contribution in [1.82, 2.24) is 0 Å². The van der Waals surface area contributed by atoms with Crippen LogP contribution in [-0.2, 0) is 4.74 Å². The van der Waals surface area contributed by atoms with Crippen LogP contribution in [-0.4, -0.2) is 13.2 Å². The van der Waals surface area contributed by atoms with Gasteiger partial charge in [-0.2, -0.15) is 5.26 Å². The lowest BCUT2D eigenvalue weighted by atomic mass is 10.3. The zero-order valence-corrected chi connectivity index (χ0v) is 6.88. The topological polar surface area (TPSA) is 33.0 Å².